The highest BCUT2D eigenvalue weighted by Gasteiger charge is 2.31. The van der Waals surface area contributed by atoms with Crippen LogP contribution in [0.1, 0.15) is 22.8 Å². The van der Waals surface area contributed by atoms with Crippen LogP contribution in [-0.2, 0) is 30.5 Å². The minimum Gasteiger partial charge on any atom is -0.479 e. The molecule has 0 spiro atoms. The Hall–Kier alpha value is -4.21. The van der Waals surface area contributed by atoms with E-state index in [1.807, 2.05) is 0 Å². The van der Waals surface area contributed by atoms with Crippen molar-refractivity contribution in [3.63, 3.8) is 0 Å². The maximum Gasteiger partial charge on any atom is 0.420 e. The molecule has 0 saturated heterocycles. The second kappa shape index (κ2) is 14.1. The average molecular weight is 653 g/mol. The fourth-order valence-electron chi connectivity index (χ4n) is 2.74. The van der Waals surface area contributed by atoms with Crippen molar-refractivity contribution in [2.75, 3.05) is 12.8 Å². The summed E-state index contributed by atoms with van der Waals surface area (Å²) in [7, 11) is -2.79. The monoisotopic (exact) mass is 652 g/mol. The molecule has 42 heavy (non-hydrogen) atoms. The molecular formula is C25H21Cl2F3N2O9S. The number of anilines is 1. The Kier molecular flexibility index (Phi) is 11.4. The predicted octanol–water partition coefficient (Wildman–Crippen LogP) is 5.75. The Balaban J connectivity index is 0.000000347. The van der Waals surface area contributed by atoms with Gasteiger partial charge in [-0.25, -0.2) is 27.5 Å². The molecule has 0 aromatic heterocycles. The number of nitrogens with one attached hydrogen (secondary N) is 1. The van der Waals surface area contributed by atoms with Crippen LogP contribution in [-0.4, -0.2) is 44.8 Å². The van der Waals surface area contributed by atoms with Gasteiger partial charge in [0.1, 0.15) is 11.5 Å². The van der Waals surface area contributed by atoms with Crippen molar-refractivity contribution in [3.8, 4) is 11.5 Å². The summed E-state index contributed by atoms with van der Waals surface area (Å²) in [6.07, 6.45) is -6.99. The molecule has 1 amide bonds. The summed E-state index contributed by atoms with van der Waals surface area (Å²) < 4.78 is 76.9. The number of hydrogen-bond acceptors (Lipinski definition) is 9. The molecule has 1 atom stereocenters. The van der Waals surface area contributed by atoms with Crippen molar-refractivity contribution in [1.29, 1.82) is 0 Å². The molecule has 0 heterocycles. The topological polar surface area (TPSA) is 171 Å². The molecule has 0 fully saturated rings. The SMILES string of the molecule is COC(=O)NS(=O)(=O)c1ccc(N)cc1.C[C@H](OC(=O)c1cc(Oc2ccc(C(F)(F)F)cc2Cl)ccc1Cl)C(=O)O. The summed E-state index contributed by atoms with van der Waals surface area (Å²) in [6.45, 7) is 1.16. The number of aliphatic carboxylic acids is 1. The van der Waals surface area contributed by atoms with Gasteiger partial charge in [-0.2, -0.15) is 13.2 Å². The normalized spacial score (nSPS) is 11.8. The Morgan fingerprint density at radius 3 is 2.12 bits per heavy atom. The van der Waals surface area contributed by atoms with Crippen molar-refractivity contribution in [3.05, 3.63) is 81.8 Å². The van der Waals surface area contributed by atoms with Gasteiger partial charge in [-0.1, -0.05) is 23.2 Å². The fraction of sp³-hybridized carbons (Fsp3) is 0.160. The number of alkyl halides is 3. The van der Waals surface area contributed by atoms with Crippen LogP contribution in [0, 0.1) is 0 Å². The minimum absolute atomic E-state index is 0.0246. The smallest absolute Gasteiger partial charge is 0.420 e. The van der Waals surface area contributed by atoms with Crippen molar-refractivity contribution in [2.45, 2.75) is 24.1 Å². The average Bonchev–Trinajstić information content (AvgIpc) is 2.90. The lowest BCUT2D eigenvalue weighted by Crippen LogP contribution is -2.30. The largest absolute Gasteiger partial charge is 0.479 e. The summed E-state index contributed by atoms with van der Waals surface area (Å²) in [4.78, 5) is 33.5. The van der Waals surface area contributed by atoms with Crippen LogP contribution in [0.3, 0.4) is 0 Å². The molecular weight excluding hydrogens is 632 g/mol. The Morgan fingerprint density at radius 1 is 0.976 bits per heavy atom. The molecule has 3 aromatic carbocycles. The fourth-order valence-corrected chi connectivity index (χ4v) is 4.07. The highest BCUT2D eigenvalue weighted by atomic mass is 35.5. The summed E-state index contributed by atoms with van der Waals surface area (Å²) >= 11 is 11.7. The lowest BCUT2D eigenvalue weighted by atomic mass is 10.2. The van der Waals surface area contributed by atoms with Crippen LogP contribution in [0.2, 0.25) is 10.0 Å². The zero-order valence-electron chi connectivity index (χ0n) is 21.4. The molecule has 0 aliphatic carbocycles. The molecule has 0 radical (unpaired) electrons. The van der Waals surface area contributed by atoms with E-state index in [0.717, 1.165) is 32.2 Å². The summed E-state index contributed by atoms with van der Waals surface area (Å²) in [5, 5.41) is 8.46. The Morgan fingerprint density at radius 2 is 1.60 bits per heavy atom. The number of nitrogens with two attached hydrogens (primary N) is 1. The predicted molar refractivity (Wildman–Crippen MR) is 144 cm³/mol. The van der Waals surface area contributed by atoms with Gasteiger partial charge < -0.3 is 25.1 Å². The van der Waals surface area contributed by atoms with Crippen LogP contribution in [0.15, 0.2) is 65.6 Å². The molecule has 17 heteroatoms. The van der Waals surface area contributed by atoms with Gasteiger partial charge in [0, 0.05) is 5.69 Å². The van der Waals surface area contributed by atoms with E-state index in [9.17, 15) is 36.0 Å². The number of methoxy groups -OCH3 is 1. The molecule has 4 N–H and O–H groups in total. The van der Waals surface area contributed by atoms with Gasteiger partial charge >= 0.3 is 24.2 Å². The first-order valence-corrected chi connectivity index (χ1v) is 13.4. The van der Waals surface area contributed by atoms with E-state index in [-0.39, 0.29) is 32.0 Å². The first-order valence-electron chi connectivity index (χ1n) is 11.2. The first kappa shape index (κ1) is 34.0. The highest BCUT2D eigenvalue weighted by Crippen LogP contribution is 2.37. The number of benzene rings is 3. The quantitative estimate of drug-likeness (QED) is 0.211. The number of carbonyl (C=O) groups is 3. The van der Waals surface area contributed by atoms with E-state index < -0.39 is 45.9 Å². The molecule has 11 nitrogen and oxygen atoms in total. The van der Waals surface area contributed by atoms with E-state index in [4.69, 9.17) is 43.5 Å². The van der Waals surface area contributed by atoms with Crippen LogP contribution in [0.25, 0.3) is 0 Å². The third-order valence-electron chi connectivity index (χ3n) is 4.87. The zero-order valence-corrected chi connectivity index (χ0v) is 23.8. The van der Waals surface area contributed by atoms with Gasteiger partial charge in [-0.05, 0) is 67.6 Å². The molecule has 0 saturated carbocycles. The number of halogens is 5. The van der Waals surface area contributed by atoms with Crippen LogP contribution in [0.4, 0.5) is 23.7 Å². The summed E-state index contributed by atoms with van der Waals surface area (Å²) in [5.74, 6) is -2.39. The number of amides is 1. The van der Waals surface area contributed by atoms with Gasteiger partial charge in [-0.15, -0.1) is 0 Å². The maximum absolute atomic E-state index is 12.7. The number of carbonyl (C=O) groups excluding carboxylic acids is 2. The third kappa shape index (κ3) is 9.71. The van der Waals surface area contributed by atoms with Gasteiger partial charge in [0.15, 0.2) is 6.10 Å². The Labute approximate surface area is 246 Å². The molecule has 3 aromatic rings. The Bertz CT molecular complexity index is 1570. The number of esters is 1. The van der Waals surface area contributed by atoms with Crippen molar-refractivity contribution < 1.29 is 55.3 Å². The third-order valence-corrected chi connectivity index (χ3v) is 6.82. The molecule has 0 aliphatic heterocycles. The van der Waals surface area contributed by atoms with Crippen molar-refractivity contribution in [2.24, 2.45) is 0 Å². The molecule has 0 aliphatic rings. The van der Waals surface area contributed by atoms with E-state index in [1.54, 1.807) is 4.72 Å². The van der Waals surface area contributed by atoms with Crippen LogP contribution in [0.5, 0.6) is 11.5 Å². The standard InChI is InChI=1S/C17H11Cl2F3O5.C8H10N2O4S/c1-8(15(23)24)26-16(25)11-7-10(3-4-12(11)18)27-14-5-2-9(6-13(14)19)17(20,21)22;1-14-8(11)10-15(12,13)7-4-2-6(9)3-5-7/h2-8H,1H3,(H,23,24);2-5H,9H2,1H3,(H,10,11)/t8-;/m0./s1. The molecule has 3 rings (SSSR count). The van der Waals surface area contributed by atoms with E-state index in [1.165, 1.54) is 36.4 Å². The molecule has 0 unspecified atom stereocenters. The van der Waals surface area contributed by atoms with Crippen molar-refractivity contribution >= 4 is 56.9 Å². The lowest BCUT2D eigenvalue weighted by Gasteiger charge is -2.13. The highest BCUT2D eigenvalue weighted by molar-refractivity contribution is 7.90. The van der Waals surface area contributed by atoms with Gasteiger partial charge in [0.05, 0.1) is 33.2 Å². The first-order chi connectivity index (χ1) is 19.4. The van der Waals surface area contributed by atoms with Crippen LogP contribution < -0.4 is 15.2 Å². The lowest BCUT2D eigenvalue weighted by molar-refractivity contribution is -0.146. The summed E-state index contributed by atoms with van der Waals surface area (Å²) in [6, 6.07) is 11.8. The van der Waals surface area contributed by atoms with E-state index in [0.29, 0.717) is 11.8 Å². The number of ether oxygens (including phenoxy) is 3. The number of sulfonamides is 1. The van der Waals surface area contributed by atoms with Gasteiger partial charge in [-0.3, -0.25) is 0 Å². The molecule has 0 bridgehead atoms. The van der Waals surface area contributed by atoms with Gasteiger partial charge in [0.25, 0.3) is 10.0 Å². The van der Waals surface area contributed by atoms with Crippen LogP contribution >= 0.6 is 23.2 Å². The second-order valence-corrected chi connectivity index (χ2v) is 10.4. The summed E-state index contributed by atoms with van der Waals surface area (Å²) in [5.41, 5.74) is 4.71. The van der Waals surface area contributed by atoms with E-state index >= 15 is 0 Å². The number of carboxylic acids is 1. The van der Waals surface area contributed by atoms with Gasteiger partial charge in [0.2, 0.25) is 0 Å². The van der Waals surface area contributed by atoms with Crippen molar-refractivity contribution in [1.82, 2.24) is 4.72 Å². The minimum atomic E-state index is -4.56. The number of rotatable bonds is 7. The molecule has 226 valence electrons. The van der Waals surface area contributed by atoms with E-state index in [2.05, 4.69) is 4.74 Å². The maximum atomic E-state index is 12.7. The number of nitrogen functional groups attached to an aromatic ring is 1. The number of hydrogen-bond donors (Lipinski definition) is 3. The second-order valence-electron chi connectivity index (χ2n) is 7.94. The number of carboxylic acid groups (broad SMARTS) is 1. The zero-order chi connectivity index (χ0) is 31.8.